The first-order valence-electron chi connectivity index (χ1n) is 8.28. The Morgan fingerprint density at radius 2 is 1.25 bits per heavy atom. The number of aromatic nitrogens is 1. The van der Waals surface area contributed by atoms with Crippen molar-refractivity contribution >= 4 is 0 Å². The molecule has 0 aliphatic heterocycles. The van der Waals surface area contributed by atoms with Gasteiger partial charge in [-0.2, -0.15) is 0 Å². The maximum absolute atomic E-state index is 6.15. The lowest BCUT2D eigenvalue weighted by molar-refractivity contribution is 0.183. The van der Waals surface area contributed by atoms with Gasteiger partial charge in [0, 0.05) is 38.1 Å². The van der Waals surface area contributed by atoms with Crippen LogP contribution in [-0.4, -0.2) is 16.4 Å². The van der Waals surface area contributed by atoms with E-state index in [1.807, 2.05) is 24.5 Å². The highest BCUT2D eigenvalue weighted by molar-refractivity contribution is 5.21. The van der Waals surface area contributed by atoms with Crippen molar-refractivity contribution in [1.29, 1.82) is 0 Å². The smallest absolute Gasteiger partial charge is 0.0478 e. The van der Waals surface area contributed by atoms with Gasteiger partial charge in [0.25, 0.3) is 0 Å². The van der Waals surface area contributed by atoms with Gasteiger partial charge in [-0.1, -0.05) is 60.7 Å². The number of hydrogen-bond donors (Lipinski definition) is 1. The summed E-state index contributed by atoms with van der Waals surface area (Å²) in [6.07, 6.45) is 3.67. The van der Waals surface area contributed by atoms with Crippen molar-refractivity contribution in [3.8, 4) is 0 Å². The topological polar surface area (TPSA) is 42.1 Å². The predicted molar refractivity (Wildman–Crippen MR) is 98.2 cm³/mol. The maximum atomic E-state index is 6.15. The summed E-state index contributed by atoms with van der Waals surface area (Å²) in [5, 5.41) is 0. The standard InChI is InChI=1S/C21H23N3/c22-15-21(20-11-13-23-14-12-20)24(16-18-7-3-1-4-8-18)17-19-9-5-2-6-10-19/h1-14,21H,15-17,22H2. The molecule has 3 aromatic rings. The fraction of sp³-hybridized carbons (Fsp3) is 0.190. The number of nitrogens with two attached hydrogens (primary N) is 1. The maximum Gasteiger partial charge on any atom is 0.0478 e. The third kappa shape index (κ3) is 4.28. The molecule has 0 bridgehead atoms. The molecule has 1 heterocycles. The van der Waals surface area contributed by atoms with E-state index in [-0.39, 0.29) is 6.04 Å². The quantitative estimate of drug-likeness (QED) is 0.721. The average Bonchev–Trinajstić information content (AvgIpc) is 2.65. The van der Waals surface area contributed by atoms with Gasteiger partial charge in [0.15, 0.2) is 0 Å². The summed E-state index contributed by atoms with van der Waals surface area (Å²) in [6, 6.07) is 25.4. The number of benzene rings is 2. The highest BCUT2D eigenvalue weighted by atomic mass is 15.2. The van der Waals surface area contributed by atoms with Gasteiger partial charge in [-0.3, -0.25) is 9.88 Å². The Morgan fingerprint density at radius 3 is 1.71 bits per heavy atom. The molecule has 1 aromatic heterocycles. The van der Waals surface area contributed by atoms with Crippen LogP contribution in [0.5, 0.6) is 0 Å². The van der Waals surface area contributed by atoms with Crippen LogP contribution in [0.15, 0.2) is 85.2 Å². The molecular formula is C21H23N3. The van der Waals surface area contributed by atoms with Gasteiger partial charge in [-0.05, 0) is 28.8 Å². The molecule has 0 spiro atoms. The molecule has 24 heavy (non-hydrogen) atoms. The van der Waals surface area contributed by atoms with Crippen molar-refractivity contribution in [3.05, 3.63) is 102 Å². The van der Waals surface area contributed by atoms with Crippen LogP contribution in [0, 0.1) is 0 Å². The minimum Gasteiger partial charge on any atom is -0.329 e. The molecule has 3 heteroatoms. The monoisotopic (exact) mass is 317 g/mol. The van der Waals surface area contributed by atoms with E-state index in [1.165, 1.54) is 16.7 Å². The fourth-order valence-electron chi connectivity index (χ4n) is 2.99. The van der Waals surface area contributed by atoms with Crippen LogP contribution < -0.4 is 5.73 Å². The average molecular weight is 317 g/mol. The van der Waals surface area contributed by atoms with E-state index < -0.39 is 0 Å². The molecule has 3 nitrogen and oxygen atoms in total. The van der Waals surface area contributed by atoms with Crippen LogP contribution in [-0.2, 0) is 13.1 Å². The van der Waals surface area contributed by atoms with Gasteiger partial charge < -0.3 is 5.73 Å². The van der Waals surface area contributed by atoms with Crippen LogP contribution in [0.3, 0.4) is 0 Å². The molecule has 0 aliphatic rings. The molecule has 0 saturated heterocycles. The Balaban J connectivity index is 1.88. The Labute approximate surface area is 143 Å². The summed E-state index contributed by atoms with van der Waals surface area (Å²) in [7, 11) is 0. The third-order valence-electron chi connectivity index (χ3n) is 4.21. The Hall–Kier alpha value is -2.49. The lowest BCUT2D eigenvalue weighted by Gasteiger charge is -2.31. The number of hydrogen-bond acceptors (Lipinski definition) is 3. The molecule has 3 rings (SSSR count). The van der Waals surface area contributed by atoms with Crippen LogP contribution in [0.25, 0.3) is 0 Å². The minimum absolute atomic E-state index is 0.161. The van der Waals surface area contributed by atoms with E-state index in [1.54, 1.807) is 0 Å². The number of pyridine rings is 1. The molecule has 0 radical (unpaired) electrons. The second kappa shape index (κ2) is 8.39. The summed E-state index contributed by atoms with van der Waals surface area (Å²) < 4.78 is 0. The van der Waals surface area contributed by atoms with E-state index in [0.717, 1.165) is 13.1 Å². The fourth-order valence-corrected chi connectivity index (χ4v) is 2.99. The van der Waals surface area contributed by atoms with Gasteiger partial charge in [0.05, 0.1) is 0 Å². The van der Waals surface area contributed by atoms with E-state index in [2.05, 4.69) is 70.5 Å². The first-order chi connectivity index (χ1) is 11.9. The molecule has 1 unspecified atom stereocenters. The molecular weight excluding hydrogens is 294 g/mol. The molecule has 0 fully saturated rings. The third-order valence-corrected chi connectivity index (χ3v) is 4.21. The van der Waals surface area contributed by atoms with Gasteiger partial charge in [-0.15, -0.1) is 0 Å². The van der Waals surface area contributed by atoms with Gasteiger partial charge in [0.1, 0.15) is 0 Å². The van der Waals surface area contributed by atoms with E-state index in [0.29, 0.717) is 6.54 Å². The van der Waals surface area contributed by atoms with Crippen molar-refractivity contribution in [2.75, 3.05) is 6.54 Å². The largest absolute Gasteiger partial charge is 0.329 e. The van der Waals surface area contributed by atoms with Crippen molar-refractivity contribution in [2.24, 2.45) is 5.73 Å². The summed E-state index contributed by atoms with van der Waals surface area (Å²) in [5.41, 5.74) is 9.94. The highest BCUT2D eigenvalue weighted by Gasteiger charge is 2.19. The highest BCUT2D eigenvalue weighted by Crippen LogP contribution is 2.24. The predicted octanol–water partition coefficient (Wildman–Crippen LogP) is 3.78. The van der Waals surface area contributed by atoms with E-state index in [4.69, 9.17) is 5.73 Å². The van der Waals surface area contributed by atoms with E-state index in [9.17, 15) is 0 Å². The molecule has 2 N–H and O–H groups in total. The van der Waals surface area contributed by atoms with Crippen molar-refractivity contribution in [3.63, 3.8) is 0 Å². The first kappa shape index (κ1) is 16.4. The second-order valence-corrected chi connectivity index (χ2v) is 5.91. The molecule has 1 atom stereocenters. The Morgan fingerprint density at radius 1 is 0.750 bits per heavy atom. The number of rotatable bonds is 7. The van der Waals surface area contributed by atoms with Crippen LogP contribution in [0.2, 0.25) is 0 Å². The lowest BCUT2D eigenvalue weighted by atomic mass is 10.0. The van der Waals surface area contributed by atoms with Crippen LogP contribution in [0.1, 0.15) is 22.7 Å². The minimum atomic E-state index is 0.161. The van der Waals surface area contributed by atoms with Crippen molar-refractivity contribution in [2.45, 2.75) is 19.1 Å². The summed E-state index contributed by atoms with van der Waals surface area (Å²) >= 11 is 0. The van der Waals surface area contributed by atoms with Crippen LogP contribution >= 0.6 is 0 Å². The lowest BCUT2D eigenvalue weighted by Crippen LogP contribution is -2.33. The number of nitrogens with zero attached hydrogens (tertiary/aromatic N) is 2. The zero-order valence-electron chi connectivity index (χ0n) is 13.8. The van der Waals surface area contributed by atoms with Gasteiger partial charge in [-0.25, -0.2) is 0 Å². The first-order valence-corrected chi connectivity index (χ1v) is 8.28. The molecule has 0 saturated carbocycles. The van der Waals surface area contributed by atoms with Crippen LogP contribution in [0.4, 0.5) is 0 Å². The zero-order valence-corrected chi connectivity index (χ0v) is 13.8. The summed E-state index contributed by atoms with van der Waals surface area (Å²) in [5.74, 6) is 0. The summed E-state index contributed by atoms with van der Waals surface area (Å²) in [6.45, 7) is 2.30. The molecule has 122 valence electrons. The molecule has 2 aromatic carbocycles. The SMILES string of the molecule is NCC(c1ccncc1)N(Cc1ccccc1)Cc1ccccc1. The summed E-state index contributed by atoms with van der Waals surface area (Å²) in [4.78, 5) is 6.56. The zero-order chi connectivity index (χ0) is 16.6. The van der Waals surface area contributed by atoms with Crippen molar-refractivity contribution < 1.29 is 0 Å². The molecule has 0 amide bonds. The molecule has 0 aliphatic carbocycles. The normalized spacial score (nSPS) is 12.2. The Bertz CT molecular complexity index is 672. The van der Waals surface area contributed by atoms with Gasteiger partial charge >= 0.3 is 0 Å². The second-order valence-electron chi connectivity index (χ2n) is 5.91. The van der Waals surface area contributed by atoms with Crippen molar-refractivity contribution in [1.82, 2.24) is 9.88 Å². The van der Waals surface area contributed by atoms with E-state index >= 15 is 0 Å². The van der Waals surface area contributed by atoms with Gasteiger partial charge in [0.2, 0.25) is 0 Å². The Kier molecular flexibility index (Phi) is 5.72.